The fourth-order valence-electron chi connectivity index (χ4n) is 3.47. The first-order valence-electron chi connectivity index (χ1n) is 7.88. The zero-order valence-electron chi connectivity index (χ0n) is 12.3. The average Bonchev–Trinajstić information content (AvgIpc) is 2.85. The van der Waals surface area contributed by atoms with E-state index in [0.717, 1.165) is 45.4 Å². The molecular formula is C15H25NO4. The summed E-state index contributed by atoms with van der Waals surface area (Å²) >= 11 is 0. The molecule has 5 heteroatoms. The van der Waals surface area contributed by atoms with Crippen LogP contribution in [0.4, 0.5) is 0 Å². The number of piperidine rings is 1. The van der Waals surface area contributed by atoms with Gasteiger partial charge in [-0.1, -0.05) is 0 Å². The second-order valence-corrected chi connectivity index (χ2v) is 6.11. The van der Waals surface area contributed by atoms with E-state index in [1.807, 2.05) is 11.8 Å². The summed E-state index contributed by atoms with van der Waals surface area (Å²) in [5.41, 5.74) is 0. The summed E-state index contributed by atoms with van der Waals surface area (Å²) in [4.78, 5) is 14.2. The normalized spacial score (nSPS) is 32.4. The molecule has 1 saturated carbocycles. The van der Waals surface area contributed by atoms with Gasteiger partial charge in [-0.2, -0.15) is 0 Å². The van der Waals surface area contributed by atoms with Crippen molar-refractivity contribution in [3.8, 4) is 0 Å². The number of carbonyl (C=O) groups is 1. The zero-order chi connectivity index (χ0) is 14.0. The maximum Gasteiger partial charge on any atom is 0.222 e. The molecule has 1 spiro atoms. The smallest absolute Gasteiger partial charge is 0.222 e. The van der Waals surface area contributed by atoms with Crippen molar-refractivity contribution in [2.45, 2.75) is 50.9 Å². The second-order valence-electron chi connectivity index (χ2n) is 6.11. The van der Waals surface area contributed by atoms with E-state index in [0.29, 0.717) is 31.7 Å². The number of likely N-dealkylation sites (tertiary alicyclic amines) is 1. The quantitative estimate of drug-likeness (QED) is 0.785. The molecule has 5 nitrogen and oxygen atoms in total. The highest BCUT2D eigenvalue weighted by atomic mass is 16.7. The Kier molecular flexibility index (Phi) is 4.29. The summed E-state index contributed by atoms with van der Waals surface area (Å²) in [5.74, 6) is 0.430. The van der Waals surface area contributed by atoms with E-state index >= 15 is 0 Å². The topological polar surface area (TPSA) is 48.0 Å². The van der Waals surface area contributed by atoms with Crippen molar-refractivity contribution in [2.24, 2.45) is 5.92 Å². The third-order valence-electron chi connectivity index (χ3n) is 4.75. The predicted octanol–water partition coefficient (Wildman–Crippen LogP) is 1.56. The molecule has 3 aliphatic rings. The molecule has 1 aliphatic carbocycles. The van der Waals surface area contributed by atoms with Gasteiger partial charge in [-0.3, -0.25) is 4.79 Å². The lowest BCUT2D eigenvalue weighted by molar-refractivity contribution is -0.187. The molecular weight excluding hydrogens is 258 g/mol. The third kappa shape index (κ3) is 3.00. The number of nitrogens with zero attached hydrogens (tertiary/aromatic N) is 1. The van der Waals surface area contributed by atoms with Gasteiger partial charge in [-0.05, 0) is 25.7 Å². The van der Waals surface area contributed by atoms with E-state index in [2.05, 4.69) is 0 Å². The van der Waals surface area contributed by atoms with Gasteiger partial charge in [-0.25, -0.2) is 0 Å². The zero-order valence-corrected chi connectivity index (χ0v) is 12.3. The van der Waals surface area contributed by atoms with E-state index in [-0.39, 0.29) is 11.7 Å². The number of amides is 1. The molecule has 2 saturated heterocycles. The SMILES string of the molecule is CCOC1CC(CC(=O)N2CCC3(CC2)OCCO3)C1. The van der Waals surface area contributed by atoms with E-state index in [4.69, 9.17) is 14.2 Å². The van der Waals surface area contributed by atoms with Crippen molar-refractivity contribution in [2.75, 3.05) is 32.9 Å². The van der Waals surface area contributed by atoms with Crippen LogP contribution in [0.3, 0.4) is 0 Å². The maximum atomic E-state index is 12.3. The minimum atomic E-state index is -0.382. The Labute approximate surface area is 120 Å². The lowest BCUT2D eigenvalue weighted by atomic mass is 9.79. The van der Waals surface area contributed by atoms with Crippen LogP contribution in [0.15, 0.2) is 0 Å². The van der Waals surface area contributed by atoms with Gasteiger partial charge in [0.15, 0.2) is 5.79 Å². The van der Waals surface area contributed by atoms with Gasteiger partial charge in [-0.15, -0.1) is 0 Å². The first kappa shape index (κ1) is 14.3. The van der Waals surface area contributed by atoms with Crippen LogP contribution in [0.2, 0.25) is 0 Å². The van der Waals surface area contributed by atoms with Gasteiger partial charge in [0.25, 0.3) is 0 Å². The second kappa shape index (κ2) is 6.00. The number of hydrogen-bond acceptors (Lipinski definition) is 4. The molecule has 0 N–H and O–H groups in total. The summed E-state index contributed by atoms with van der Waals surface area (Å²) < 4.78 is 16.9. The van der Waals surface area contributed by atoms with Crippen molar-refractivity contribution >= 4 is 5.91 Å². The van der Waals surface area contributed by atoms with Crippen LogP contribution in [-0.4, -0.2) is 55.6 Å². The van der Waals surface area contributed by atoms with Gasteiger partial charge in [0.1, 0.15) is 0 Å². The average molecular weight is 283 g/mol. The predicted molar refractivity (Wildman–Crippen MR) is 73.2 cm³/mol. The van der Waals surface area contributed by atoms with Crippen molar-refractivity contribution in [1.82, 2.24) is 4.90 Å². The molecule has 114 valence electrons. The Hall–Kier alpha value is -0.650. The largest absolute Gasteiger partial charge is 0.378 e. The van der Waals surface area contributed by atoms with Crippen LogP contribution in [0.1, 0.15) is 39.0 Å². The molecule has 0 aromatic carbocycles. The Morgan fingerprint density at radius 2 is 1.90 bits per heavy atom. The minimum Gasteiger partial charge on any atom is -0.378 e. The summed E-state index contributed by atoms with van der Waals surface area (Å²) in [6.45, 7) is 5.71. The maximum absolute atomic E-state index is 12.3. The molecule has 0 aromatic heterocycles. The van der Waals surface area contributed by atoms with Crippen LogP contribution in [-0.2, 0) is 19.0 Å². The molecule has 0 atom stereocenters. The summed E-state index contributed by atoms with van der Waals surface area (Å²) in [7, 11) is 0. The number of ether oxygens (including phenoxy) is 3. The van der Waals surface area contributed by atoms with Gasteiger partial charge >= 0.3 is 0 Å². The number of hydrogen-bond donors (Lipinski definition) is 0. The summed E-state index contributed by atoms with van der Waals surface area (Å²) in [6.07, 6.45) is 4.78. The molecule has 1 amide bonds. The first-order valence-corrected chi connectivity index (χ1v) is 7.88. The molecule has 2 heterocycles. The molecule has 3 fully saturated rings. The summed E-state index contributed by atoms with van der Waals surface area (Å²) in [6, 6.07) is 0. The highest BCUT2D eigenvalue weighted by Gasteiger charge is 2.41. The molecule has 2 aliphatic heterocycles. The highest BCUT2D eigenvalue weighted by Crippen LogP contribution is 2.35. The Morgan fingerprint density at radius 3 is 2.50 bits per heavy atom. The molecule has 3 rings (SSSR count). The van der Waals surface area contributed by atoms with Crippen molar-refractivity contribution in [3.63, 3.8) is 0 Å². The number of carbonyl (C=O) groups excluding carboxylic acids is 1. The lowest BCUT2D eigenvalue weighted by Crippen LogP contribution is -2.48. The van der Waals surface area contributed by atoms with Crippen molar-refractivity contribution < 1.29 is 19.0 Å². The Morgan fingerprint density at radius 1 is 1.25 bits per heavy atom. The Balaban J connectivity index is 1.39. The molecule has 0 unspecified atom stereocenters. The number of rotatable bonds is 4. The molecule has 0 bridgehead atoms. The molecule has 20 heavy (non-hydrogen) atoms. The summed E-state index contributed by atoms with van der Waals surface area (Å²) in [5, 5.41) is 0. The van der Waals surface area contributed by atoms with Crippen LogP contribution >= 0.6 is 0 Å². The van der Waals surface area contributed by atoms with E-state index in [1.54, 1.807) is 0 Å². The van der Waals surface area contributed by atoms with Crippen LogP contribution in [0.5, 0.6) is 0 Å². The van der Waals surface area contributed by atoms with E-state index < -0.39 is 0 Å². The monoisotopic (exact) mass is 283 g/mol. The Bertz CT molecular complexity index is 338. The van der Waals surface area contributed by atoms with Gasteiger partial charge < -0.3 is 19.1 Å². The van der Waals surface area contributed by atoms with Crippen LogP contribution < -0.4 is 0 Å². The van der Waals surface area contributed by atoms with Crippen LogP contribution in [0, 0.1) is 5.92 Å². The molecule has 0 aromatic rings. The fraction of sp³-hybridized carbons (Fsp3) is 0.933. The van der Waals surface area contributed by atoms with E-state index in [1.165, 1.54) is 0 Å². The van der Waals surface area contributed by atoms with Gasteiger partial charge in [0.05, 0.1) is 19.3 Å². The van der Waals surface area contributed by atoms with Gasteiger partial charge in [0.2, 0.25) is 5.91 Å². The lowest BCUT2D eigenvalue weighted by Gasteiger charge is -2.39. The standard InChI is InChI=1S/C15H25NO4/c1-2-18-13-9-12(10-13)11-14(17)16-5-3-15(4-6-16)19-7-8-20-15/h12-13H,2-11H2,1H3. The fourth-order valence-corrected chi connectivity index (χ4v) is 3.47. The van der Waals surface area contributed by atoms with Crippen molar-refractivity contribution in [1.29, 1.82) is 0 Å². The third-order valence-corrected chi connectivity index (χ3v) is 4.75. The highest BCUT2D eigenvalue weighted by molar-refractivity contribution is 5.76. The minimum absolute atomic E-state index is 0.290. The van der Waals surface area contributed by atoms with Crippen molar-refractivity contribution in [3.05, 3.63) is 0 Å². The first-order chi connectivity index (χ1) is 9.71. The van der Waals surface area contributed by atoms with Gasteiger partial charge in [0, 0.05) is 39.0 Å². The molecule has 0 radical (unpaired) electrons. The van der Waals surface area contributed by atoms with Crippen LogP contribution in [0.25, 0.3) is 0 Å². The van der Waals surface area contributed by atoms with E-state index in [9.17, 15) is 4.79 Å².